The number of hydrogen-bond acceptors (Lipinski definition) is 4. The summed E-state index contributed by atoms with van der Waals surface area (Å²) in [5, 5.41) is 6.53. The van der Waals surface area contributed by atoms with Crippen LogP contribution in [-0.4, -0.2) is 12.6 Å². The third kappa shape index (κ3) is 9.24. The van der Waals surface area contributed by atoms with Crippen molar-refractivity contribution in [3.8, 4) is 11.1 Å². The van der Waals surface area contributed by atoms with Crippen molar-refractivity contribution in [1.29, 1.82) is 0 Å². The third-order valence-corrected chi connectivity index (χ3v) is 16.3. The third-order valence-electron chi connectivity index (χ3n) is 16.3. The maximum Gasteiger partial charge on any atom is 0.0526 e. The van der Waals surface area contributed by atoms with E-state index in [-0.39, 0.29) is 11.5 Å². The van der Waals surface area contributed by atoms with Crippen LogP contribution >= 0.6 is 0 Å². The average Bonchev–Trinajstić information content (AvgIpc) is 3.62. The van der Waals surface area contributed by atoms with E-state index in [1.165, 1.54) is 94.7 Å². The topological polar surface area (TPSA) is 90.1 Å². The molecule has 0 bridgehead atoms. The van der Waals surface area contributed by atoms with Gasteiger partial charge in [0.05, 0.1) is 6.04 Å². The SMILES string of the molecule is CC1(C)C2=C(CCC(/C(N)=C3\C=CC=CC3NCC3CC=C(C4CCC=C5C=CCCC54)CC3)C2)c2ccc(/C(N)=C3\C=CC=CC3)cc21.NCc1ccc(-c2cccc3ccccc23)cc1. The Morgan fingerprint density at radius 1 is 0.746 bits per heavy atom. The molecule has 0 fully saturated rings. The van der Waals surface area contributed by atoms with E-state index in [1.54, 1.807) is 22.3 Å². The molecule has 67 heavy (non-hydrogen) atoms. The molecule has 0 amide bonds. The van der Waals surface area contributed by atoms with Crippen molar-refractivity contribution in [2.24, 2.45) is 40.9 Å². The van der Waals surface area contributed by atoms with Crippen molar-refractivity contribution >= 4 is 22.0 Å². The van der Waals surface area contributed by atoms with Gasteiger partial charge in [0.25, 0.3) is 0 Å². The molecule has 0 aromatic heterocycles. The molecule has 0 aliphatic heterocycles. The van der Waals surface area contributed by atoms with Crippen molar-refractivity contribution in [2.45, 2.75) is 102 Å². The molecule has 0 radical (unpaired) electrons. The van der Waals surface area contributed by atoms with Crippen molar-refractivity contribution < 1.29 is 0 Å². The summed E-state index contributed by atoms with van der Waals surface area (Å²) in [6.45, 7) is 6.45. The summed E-state index contributed by atoms with van der Waals surface area (Å²) >= 11 is 0. The minimum atomic E-state index is -0.0337. The monoisotopic (exact) mass is 883 g/mol. The van der Waals surface area contributed by atoms with Crippen molar-refractivity contribution in [3.05, 3.63) is 214 Å². The Balaban J connectivity index is 0.000000243. The van der Waals surface area contributed by atoms with E-state index in [0.717, 1.165) is 61.0 Å². The van der Waals surface area contributed by atoms with Gasteiger partial charge in [-0.15, -0.1) is 0 Å². The van der Waals surface area contributed by atoms with Crippen molar-refractivity contribution in [2.75, 3.05) is 6.54 Å². The van der Waals surface area contributed by atoms with E-state index in [4.69, 9.17) is 17.2 Å². The Labute approximate surface area is 400 Å². The van der Waals surface area contributed by atoms with Crippen molar-refractivity contribution in [3.63, 3.8) is 0 Å². The molecule has 4 aromatic carbocycles. The van der Waals surface area contributed by atoms with Gasteiger partial charge in [0.1, 0.15) is 0 Å². The molecule has 0 spiro atoms. The zero-order valence-electron chi connectivity index (χ0n) is 39.8. The van der Waals surface area contributed by atoms with Gasteiger partial charge in [0, 0.05) is 29.3 Å². The Morgan fingerprint density at radius 2 is 1.58 bits per heavy atom. The highest BCUT2D eigenvalue weighted by atomic mass is 14.9. The van der Waals surface area contributed by atoms with E-state index in [2.05, 4.69) is 177 Å². The first kappa shape index (κ1) is 44.9. The van der Waals surface area contributed by atoms with Crippen LogP contribution in [0.3, 0.4) is 0 Å². The Morgan fingerprint density at radius 3 is 2.40 bits per heavy atom. The van der Waals surface area contributed by atoms with Crippen LogP contribution < -0.4 is 22.5 Å². The van der Waals surface area contributed by atoms with E-state index >= 15 is 0 Å². The molecule has 4 nitrogen and oxygen atoms in total. The van der Waals surface area contributed by atoms with Crippen LogP contribution in [0.25, 0.3) is 33.2 Å². The summed E-state index contributed by atoms with van der Waals surface area (Å²) in [6, 6.07) is 30.5. The van der Waals surface area contributed by atoms with Crippen LogP contribution in [0, 0.1) is 23.7 Å². The maximum absolute atomic E-state index is 7.18. The molecule has 7 N–H and O–H groups in total. The highest BCUT2D eigenvalue weighted by Gasteiger charge is 2.41. The first-order chi connectivity index (χ1) is 32.8. The van der Waals surface area contributed by atoms with Crippen molar-refractivity contribution in [1.82, 2.24) is 5.32 Å². The van der Waals surface area contributed by atoms with Crippen LogP contribution in [0.4, 0.5) is 0 Å². The average molecular weight is 883 g/mol. The van der Waals surface area contributed by atoms with Gasteiger partial charge in [0.2, 0.25) is 0 Å². The van der Waals surface area contributed by atoms with Crippen LogP contribution in [0.2, 0.25) is 0 Å². The smallest absolute Gasteiger partial charge is 0.0526 e. The minimum Gasteiger partial charge on any atom is -0.402 e. The molecule has 7 aliphatic carbocycles. The van der Waals surface area contributed by atoms with Gasteiger partial charge in [-0.2, -0.15) is 0 Å². The number of nitrogens with two attached hydrogens (primary N) is 3. The molecular formula is C63H70N4. The lowest BCUT2D eigenvalue weighted by molar-refractivity contribution is 0.337. The fourth-order valence-electron chi connectivity index (χ4n) is 12.5. The summed E-state index contributed by atoms with van der Waals surface area (Å²) in [6.07, 6.45) is 40.4. The number of allylic oxidation sites excluding steroid dienone is 16. The van der Waals surface area contributed by atoms with Crippen LogP contribution in [0.5, 0.6) is 0 Å². The highest BCUT2D eigenvalue weighted by molar-refractivity contribution is 5.96. The number of hydrogen-bond donors (Lipinski definition) is 4. The lowest BCUT2D eigenvalue weighted by Crippen LogP contribution is -2.37. The molecule has 342 valence electrons. The van der Waals surface area contributed by atoms with E-state index in [9.17, 15) is 0 Å². The van der Waals surface area contributed by atoms with Gasteiger partial charge in [-0.3, -0.25) is 0 Å². The quantitative estimate of drug-likeness (QED) is 0.133. The van der Waals surface area contributed by atoms with Gasteiger partial charge >= 0.3 is 0 Å². The lowest BCUT2D eigenvalue weighted by atomic mass is 9.68. The van der Waals surface area contributed by atoms with Crippen LogP contribution in [-0.2, 0) is 12.0 Å². The number of rotatable bonds is 8. The van der Waals surface area contributed by atoms with Gasteiger partial charge < -0.3 is 22.5 Å². The lowest BCUT2D eigenvalue weighted by Gasteiger charge is -2.37. The minimum absolute atomic E-state index is 0.0337. The number of benzene rings is 4. The van der Waals surface area contributed by atoms with E-state index < -0.39 is 0 Å². The second-order valence-electron chi connectivity index (χ2n) is 20.6. The van der Waals surface area contributed by atoms with Crippen LogP contribution in [0.1, 0.15) is 107 Å². The Kier molecular flexibility index (Phi) is 13.2. The summed E-state index contributed by atoms with van der Waals surface area (Å²) in [5.41, 5.74) is 38.1. The molecule has 4 aromatic rings. The second kappa shape index (κ2) is 19.7. The summed E-state index contributed by atoms with van der Waals surface area (Å²) in [7, 11) is 0. The van der Waals surface area contributed by atoms with Gasteiger partial charge in [-0.05, 0) is 167 Å². The number of fused-ring (bicyclic) bond motifs is 4. The zero-order chi connectivity index (χ0) is 45.9. The molecule has 11 rings (SSSR count). The molecule has 0 heterocycles. The Hall–Kier alpha value is -5.94. The highest BCUT2D eigenvalue weighted by Crippen LogP contribution is 2.54. The normalized spacial score (nSPS) is 26.2. The van der Waals surface area contributed by atoms with E-state index in [1.807, 2.05) is 0 Å². The molecule has 5 unspecified atom stereocenters. The van der Waals surface area contributed by atoms with E-state index in [0.29, 0.717) is 18.4 Å². The fourth-order valence-corrected chi connectivity index (χ4v) is 12.5. The summed E-state index contributed by atoms with van der Waals surface area (Å²) in [4.78, 5) is 0. The van der Waals surface area contributed by atoms with Gasteiger partial charge in [0.15, 0.2) is 0 Å². The molecule has 5 atom stereocenters. The Bertz CT molecular complexity index is 2820. The standard InChI is InChI=1S/C46H55N3.C17H15N/c1-46(2)41-27-34(44(47)33-12-4-3-5-13-33)23-25-38(41)39-26-24-35(28-42(39)46)45(48)40-16-8-9-18-43(40)49-29-30-19-21-32(22-20-30)37-17-10-14-31-11-6-7-15-36(31)37;18-12-13-8-10-15(11-9-13)17-7-3-5-14-4-1-2-6-16(14)17/h3-6,8-9,11-12,14,16,18,21,23,25,27,30,35-37,43,49H,7,10,13,15,17,19-20,22,24,26,28-29,47-48H2,1-2H3;1-11H,12,18H2/b44-33-,45-40-;. The predicted octanol–water partition coefficient (Wildman–Crippen LogP) is 14.0. The molecule has 7 aliphatic rings. The van der Waals surface area contributed by atoms with Crippen LogP contribution in [0.15, 0.2) is 191 Å². The van der Waals surface area contributed by atoms with Gasteiger partial charge in [-0.25, -0.2) is 0 Å². The second-order valence-corrected chi connectivity index (χ2v) is 20.6. The summed E-state index contributed by atoms with van der Waals surface area (Å²) in [5.74, 6) is 2.59. The number of nitrogens with one attached hydrogen (secondary N) is 1. The predicted molar refractivity (Wildman–Crippen MR) is 284 cm³/mol. The first-order valence-corrected chi connectivity index (χ1v) is 25.4. The molecule has 0 saturated heterocycles. The van der Waals surface area contributed by atoms with Gasteiger partial charge in [-0.1, -0.05) is 177 Å². The largest absolute Gasteiger partial charge is 0.402 e. The zero-order valence-corrected chi connectivity index (χ0v) is 39.8. The molecular weight excluding hydrogens is 813 g/mol. The summed E-state index contributed by atoms with van der Waals surface area (Å²) < 4.78 is 0. The first-order valence-electron chi connectivity index (χ1n) is 25.4. The molecule has 0 saturated carbocycles. The maximum atomic E-state index is 7.18. The fraction of sp³-hybridized carbons (Fsp3) is 0.333. The molecule has 4 heteroatoms.